The number of nitrogens with zero attached hydrogens (tertiary/aromatic N) is 2. The number of benzene rings is 2. The zero-order chi connectivity index (χ0) is 21.6. The molecule has 2 aromatic carbocycles. The number of rotatable bonds is 6. The van der Waals surface area contributed by atoms with Gasteiger partial charge >= 0.3 is 0 Å². The Morgan fingerprint density at radius 1 is 0.839 bits per heavy atom. The summed E-state index contributed by atoms with van der Waals surface area (Å²) in [4.78, 5) is 29.2. The zero-order valence-electron chi connectivity index (χ0n) is 18.4. The summed E-state index contributed by atoms with van der Waals surface area (Å²) in [7, 11) is 0. The average molecular weight is 421 g/mol. The highest BCUT2D eigenvalue weighted by molar-refractivity contribution is 5.95. The molecule has 4 rings (SSSR count). The van der Waals surface area contributed by atoms with Gasteiger partial charge in [-0.05, 0) is 74.1 Å². The van der Waals surface area contributed by atoms with Crippen molar-refractivity contribution in [2.75, 3.05) is 32.8 Å². The Balaban J connectivity index is 1.29. The molecule has 2 saturated heterocycles. The largest absolute Gasteiger partial charge is 0.493 e. The van der Waals surface area contributed by atoms with Crippen LogP contribution in [0.3, 0.4) is 0 Å². The van der Waals surface area contributed by atoms with Crippen molar-refractivity contribution in [3.8, 4) is 5.75 Å². The lowest BCUT2D eigenvalue weighted by atomic mass is 9.98. The third-order valence-corrected chi connectivity index (χ3v) is 6.40. The van der Waals surface area contributed by atoms with Gasteiger partial charge in [0.25, 0.3) is 11.8 Å². The van der Waals surface area contributed by atoms with Gasteiger partial charge in [0.05, 0.1) is 6.61 Å². The monoisotopic (exact) mass is 420 g/mol. The smallest absolute Gasteiger partial charge is 0.253 e. The average Bonchev–Trinajstić information content (AvgIpc) is 3.37. The van der Waals surface area contributed by atoms with Gasteiger partial charge in [0.2, 0.25) is 0 Å². The zero-order valence-corrected chi connectivity index (χ0v) is 18.4. The maximum absolute atomic E-state index is 12.9. The number of carbonyl (C=O) groups excluding carboxylic acids is 2. The molecule has 0 radical (unpaired) electrons. The summed E-state index contributed by atoms with van der Waals surface area (Å²) in [5.74, 6) is 1.31. The summed E-state index contributed by atoms with van der Waals surface area (Å²) in [6, 6.07) is 15.4. The van der Waals surface area contributed by atoms with E-state index < -0.39 is 0 Å². The van der Waals surface area contributed by atoms with Crippen LogP contribution in [0.5, 0.6) is 5.75 Å². The number of aryl methyl sites for hydroxylation is 1. The summed E-state index contributed by atoms with van der Waals surface area (Å²) in [6.07, 6.45) is 5.22. The predicted molar refractivity (Wildman–Crippen MR) is 122 cm³/mol. The Morgan fingerprint density at radius 3 is 2.06 bits per heavy atom. The van der Waals surface area contributed by atoms with Crippen molar-refractivity contribution in [2.24, 2.45) is 5.92 Å². The summed E-state index contributed by atoms with van der Waals surface area (Å²) in [6.45, 7) is 5.94. The van der Waals surface area contributed by atoms with Gasteiger partial charge in [0.1, 0.15) is 5.75 Å². The van der Waals surface area contributed by atoms with Crippen molar-refractivity contribution < 1.29 is 14.3 Å². The summed E-state index contributed by atoms with van der Waals surface area (Å²) < 4.78 is 6.01. The highest BCUT2D eigenvalue weighted by Gasteiger charge is 2.25. The Labute approximate surface area is 185 Å². The minimum absolute atomic E-state index is 0.108. The Morgan fingerprint density at radius 2 is 1.42 bits per heavy atom. The van der Waals surface area contributed by atoms with E-state index in [1.807, 2.05) is 58.3 Å². The van der Waals surface area contributed by atoms with Crippen molar-refractivity contribution in [3.05, 3.63) is 65.2 Å². The molecule has 0 saturated carbocycles. The first-order valence-corrected chi connectivity index (χ1v) is 11.5. The molecule has 2 aliphatic heterocycles. The molecule has 2 aromatic rings. The molecule has 2 fully saturated rings. The second kappa shape index (κ2) is 9.99. The molecule has 5 heteroatoms. The van der Waals surface area contributed by atoms with Crippen LogP contribution >= 0.6 is 0 Å². The van der Waals surface area contributed by atoms with E-state index in [0.717, 1.165) is 75.2 Å². The molecule has 1 atom stereocenters. The van der Waals surface area contributed by atoms with Crippen molar-refractivity contribution in [1.29, 1.82) is 0 Å². The van der Waals surface area contributed by atoms with E-state index in [1.165, 1.54) is 5.56 Å². The molecule has 0 N–H and O–H groups in total. The first kappa shape index (κ1) is 21.4. The highest BCUT2D eigenvalue weighted by atomic mass is 16.5. The molecule has 2 amide bonds. The fourth-order valence-corrected chi connectivity index (χ4v) is 4.46. The van der Waals surface area contributed by atoms with E-state index in [0.29, 0.717) is 12.5 Å². The van der Waals surface area contributed by atoms with E-state index in [4.69, 9.17) is 4.74 Å². The predicted octanol–water partition coefficient (Wildman–Crippen LogP) is 4.42. The van der Waals surface area contributed by atoms with Gasteiger partial charge in [-0.1, -0.05) is 19.1 Å². The normalized spacial score (nSPS) is 18.8. The van der Waals surface area contributed by atoms with E-state index in [1.54, 1.807) is 0 Å². The number of hydrogen-bond acceptors (Lipinski definition) is 3. The first-order valence-electron chi connectivity index (χ1n) is 11.5. The molecule has 0 aliphatic carbocycles. The van der Waals surface area contributed by atoms with Crippen LogP contribution < -0.4 is 4.74 Å². The van der Waals surface area contributed by atoms with Gasteiger partial charge in [-0.3, -0.25) is 9.59 Å². The molecule has 2 aliphatic rings. The summed E-state index contributed by atoms with van der Waals surface area (Å²) in [5.41, 5.74) is 2.73. The van der Waals surface area contributed by atoms with Crippen LogP contribution in [0.15, 0.2) is 48.5 Å². The minimum atomic E-state index is 0.108. The summed E-state index contributed by atoms with van der Waals surface area (Å²) >= 11 is 0. The Bertz CT molecular complexity index is 886. The fourth-order valence-electron chi connectivity index (χ4n) is 4.46. The summed E-state index contributed by atoms with van der Waals surface area (Å²) in [5, 5.41) is 0. The second-order valence-corrected chi connectivity index (χ2v) is 8.64. The third kappa shape index (κ3) is 5.27. The molecule has 0 bridgehead atoms. The van der Waals surface area contributed by atoms with Crippen molar-refractivity contribution in [1.82, 2.24) is 9.80 Å². The van der Waals surface area contributed by atoms with Crippen LogP contribution in [0.2, 0.25) is 0 Å². The van der Waals surface area contributed by atoms with Crippen LogP contribution in [0.25, 0.3) is 0 Å². The number of carbonyl (C=O) groups is 2. The SMILES string of the molecule is CCc1ccc(C(=O)N2CCC[C@H](COc3ccc(C(=O)N4CCCC4)cc3)C2)cc1. The standard InChI is InChI=1S/C26H32N2O3/c1-2-20-7-9-22(10-8-20)26(30)28-17-5-6-21(18-28)19-31-24-13-11-23(12-14-24)25(29)27-15-3-4-16-27/h7-14,21H,2-6,15-19H2,1H3/t21-/m0/s1. The van der Waals surface area contributed by atoms with Crippen molar-refractivity contribution in [2.45, 2.75) is 39.0 Å². The molecular weight excluding hydrogens is 388 g/mol. The topological polar surface area (TPSA) is 49.9 Å². The molecule has 5 nitrogen and oxygen atoms in total. The number of hydrogen-bond donors (Lipinski definition) is 0. The van der Waals surface area contributed by atoms with Crippen LogP contribution in [-0.2, 0) is 6.42 Å². The lowest BCUT2D eigenvalue weighted by molar-refractivity contribution is 0.0633. The van der Waals surface area contributed by atoms with Gasteiger partial charge in [-0.15, -0.1) is 0 Å². The maximum atomic E-state index is 12.9. The quantitative estimate of drug-likeness (QED) is 0.695. The van der Waals surface area contributed by atoms with E-state index >= 15 is 0 Å². The lowest BCUT2D eigenvalue weighted by Gasteiger charge is -2.32. The molecule has 0 spiro atoms. The van der Waals surface area contributed by atoms with Gasteiger partial charge in [-0.25, -0.2) is 0 Å². The van der Waals surface area contributed by atoms with E-state index in [9.17, 15) is 9.59 Å². The number of amides is 2. The molecule has 31 heavy (non-hydrogen) atoms. The van der Waals surface area contributed by atoms with Crippen molar-refractivity contribution in [3.63, 3.8) is 0 Å². The Hall–Kier alpha value is -2.82. The molecule has 0 unspecified atom stereocenters. The van der Waals surface area contributed by atoms with Gasteiger partial charge in [-0.2, -0.15) is 0 Å². The van der Waals surface area contributed by atoms with Crippen LogP contribution in [0, 0.1) is 5.92 Å². The third-order valence-electron chi connectivity index (χ3n) is 6.40. The van der Waals surface area contributed by atoms with Gasteiger partial charge in [0.15, 0.2) is 0 Å². The molecule has 2 heterocycles. The highest BCUT2D eigenvalue weighted by Crippen LogP contribution is 2.22. The molecule has 164 valence electrons. The molecule has 0 aromatic heterocycles. The van der Waals surface area contributed by atoms with Crippen molar-refractivity contribution >= 4 is 11.8 Å². The van der Waals surface area contributed by atoms with Crippen LogP contribution in [0.1, 0.15) is 58.9 Å². The number of ether oxygens (including phenoxy) is 1. The molecular formula is C26H32N2O3. The van der Waals surface area contributed by atoms with Gasteiger partial charge in [0, 0.05) is 43.2 Å². The van der Waals surface area contributed by atoms with Gasteiger partial charge < -0.3 is 14.5 Å². The Kier molecular flexibility index (Phi) is 6.90. The number of likely N-dealkylation sites (tertiary alicyclic amines) is 2. The second-order valence-electron chi connectivity index (χ2n) is 8.64. The van der Waals surface area contributed by atoms with E-state index in [2.05, 4.69) is 6.92 Å². The number of piperidine rings is 1. The van der Waals surface area contributed by atoms with Crippen LogP contribution in [-0.4, -0.2) is 54.4 Å². The van der Waals surface area contributed by atoms with E-state index in [-0.39, 0.29) is 11.8 Å². The minimum Gasteiger partial charge on any atom is -0.493 e. The van der Waals surface area contributed by atoms with Crippen LogP contribution in [0.4, 0.5) is 0 Å². The first-order chi connectivity index (χ1) is 15.1. The lowest BCUT2D eigenvalue weighted by Crippen LogP contribution is -2.41. The maximum Gasteiger partial charge on any atom is 0.253 e. The fraction of sp³-hybridized carbons (Fsp3) is 0.462.